The molecule has 1 aliphatic heterocycles. The van der Waals surface area contributed by atoms with Crippen LogP contribution >= 0.6 is 0 Å². The molecule has 2 rings (SSSR count). The molecule has 0 saturated carbocycles. The minimum Gasteiger partial charge on any atom is -0.493 e. The van der Waals surface area contributed by atoms with Crippen molar-refractivity contribution < 1.29 is 38.2 Å². The van der Waals surface area contributed by atoms with Crippen LogP contribution in [-0.2, 0) is 30.5 Å². The van der Waals surface area contributed by atoms with Crippen molar-refractivity contribution in [2.24, 2.45) is 5.73 Å². The predicted molar refractivity (Wildman–Crippen MR) is 130 cm³/mol. The molecule has 0 aromatic heterocycles. The summed E-state index contributed by atoms with van der Waals surface area (Å²) >= 11 is 0. The molecule has 1 saturated heterocycles. The first-order valence-electron chi connectivity index (χ1n) is 11.3. The van der Waals surface area contributed by atoms with Crippen LogP contribution in [0.4, 0.5) is 4.79 Å². The van der Waals surface area contributed by atoms with Gasteiger partial charge in [-0.3, -0.25) is 24.6 Å². The maximum Gasteiger partial charge on any atom is 0.318 e. The SMILES string of the molecule is COc1ccc(CNC(=O)/C=C/C(=O)N(CC(N)=O)NC(=O)[C@H](C)NC(=O)N2CCOCC2)cc1OC. The zero-order valence-electron chi connectivity index (χ0n) is 20.9. The predicted octanol–water partition coefficient (Wildman–Crippen LogP) is -1.35. The highest BCUT2D eigenvalue weighted by Gasteiger charge is 2.24. The Morgan fingerprint density at radius 1 is 1.11 bits per heavy atom. The Morgan fingerprint density at radius 2 is 1.78 bits per heavy atom. The van der Waals surface area contributed by atoms with Gasteiger partial charge >= 0.3 is 6.03 Å². The summed E-state index contributed by atoms with van der Waals surface area (Å²) in [6, 6.07) is 3.61. The van der Waals surface area contributed by atoms with E-state index in [9.17, 15) is 24.0 Å². The molecule has 1 atom stereocenters. The summed E-state index contributed by atoms with van der Waals surface area (Å²) in [5, 5.41) is 5.77. The maximum absolute atomic E-state index is 12.5. The summed E-state index contributed by atoms with van der Waals surface area (Å²) in [6.45, 7) is 2.45. The number of hydrogen-bond donors (Lipinski definition) is 4. The molecule has 0 aliphatic carbocycles. The van der Waals surface area contributed by atoms with Crippen LogP contribution in [0.2, 0.25) is 0 Å². The Labute approximate surface area is 214 Å². The molecule has 1 aromatic carbocycles. The van der Waals surface area contributed by atoms with E-state index in [1.165, 1.54) is 26.0 Å². The fraction of sp³-hybridized carbons (Fsp3) is 0.435. The Kier molecular flexibility index (Phi) is 11.2. The van der Waals surface area contributed by atoms with Gasteiger partial charge in [0.05, 0.1) is 27.4 Å². The summed E-state index contributed by atoms with van der Waals surface area (Å²) in [4.78, 5) is 62.4. The number of nitrogens with one attached hydrogen (secondary N) is 3. The molecule has 202 valence electrons. The average Bonchev–Trinajstić information content (AvgIpc) is 2.89. The van der Waals surface area contributed by atoms with Crippen molar-refractivity contribution in [2.45, 2.75) is 19.5 Å². The van der Waals surface area contributed by atoms with Gasteiger partial charge in [-0.2, -0.15) is 0 Å². The monoisotopic (exact) mass is 520 g/mol. The van der Waals surface area contributed by atoms with E-state index < -0.39 is 42.2 Å². The number of methoxy groups -OCH3 is 2. The zero-order valence-corrected chi connectivity index (χ0v) is 20.9. The van der Waals surface area contributed by atoms with Crippen LogP contribution in [0, 0.1) is 0 Å². The van der Waals surface area contributed by atoms with Crippen molar-refractivity contribution in [1.82, 2.24) is 26.0 Å². The number of primary amides is 1. The van der Waals surface area contributed by atoms with Crippen molar-refractivity contribution in [2.75, 3.05) is 47.1 Å². The number of nitrogens with two attached hydrogens (primary N) is 1. The van der Waals surface area contributed by atoms with E-state index in [0.29, 0.717) is 42.8 Å². The quantitative estimate of drug-likeness (QED) is 0.216. The lowest BCUT2D eigenvalue weighted by molar-refractivity contribution is -0.141. The van der Waals surface area contributed by atoms with Crippen molar-refractivity contribution in [3.63, 3.8) is 0 Å². The summed E-state index contributed by atoms with van der Waals surface area (Å²) in [6.07, 6.45) is 1.83. The van der Waals surface area contributed by atoms with Crippen LogP contribution in [0.5, 0.6) is 11.5 Å². The van der Waals surface area contributed by atoms with E-state index in [-0.39, 0.29) is 6.54 Å². The first-order valence-corrected chi connectivity index (χ1v) is 11.3. The highest BCUT2D eigenvalue weighted by atomic mass is 16.5. The largest absolute Gasteiger partial charge is 0.493 e. The Hall–Kier alpha value is -4.33. The second-order valence-corrected chi connectivity index (χ2v) is 7.88. The third-order valence-electron chi connectivity index (χ3n) is 5.15. The average molecular weight is 521 g/mol. The van der Waals surface area contributed by atoms with Gasteiger partial charge in [0.25, 0.3) is 11.8 Å². The van der Waals surface area contributed by atoms with Gasteiger partial charge in [0.15, 0.2) is 11.5 Å². The van der Waals surface area contributed by atoms with E-state index >= 15 is 0 Å². The lowest BCUT2D eigenvalue weighted by atomic mass is 10.2. The van der Waals surface area contributed by atoms with Gasteiger partial charge in [-0.15, -0.1) is 0 Å². The Bertz CT molecular complexity index is 1020. The lowest BCUT2D eigenvalue weighted by Crippen LogP contribution is -2.57. The minimum absolute atomic E-state index is 0.139. The molecule has 6 amide bonds. The molecular weight excluding hydrogens is 488 g/mol. The maximum atomic E-state index is 12.5. The normalized spacial score (nSPS) is 13.9. The molecule has 1 fully saturated rings. The van der Waals surface area contributed by atoms with E-state index in [1.54, 1.807) is 18.2 Å². The Morgan fingerprint density at radius 3 is 2.41 bits per heavy atom. The molecule has 0 spiro atoms. The van der Waals surface area contributed by atoms with Crippen molar-refractivity contribution in [3.05, 3.63) is 35.9 Å². The number of urea groups is 1. The van der Waals surface area contributed by atoms with Gasteiger partial charge in [0, 0.05) is 31.8 Å². The van der Waals surface area contributed by atoms with Crippen LogP contribution in [0.1, 0.15) is 12.5 Å². The topological polar surface area (TPSA) is 182 Å². The molecule has 1 heterocycles. The third-order valence-corrected chi connectivity index (χ3v) is 5.15. The molecule has 5 N–H and O–H groups in total. The molecule has 1 aliphatic rings. The molecule has 14 nitrogen and oxygen atoms in total. The highest BCUT2D eigenvalue weighted by molar-refractivity contribution is 5.99. The van der Waals surface area contributed by atoms with Gasteiger partial charge in [-0.25, -0.2) is 9.80 Å². The van der Waals surface area contributed by atoms with E-state index in [2.05, 4.69) is 16.1 Å². The fourth-order valence-electron chi connectivity index (χ4n) is 3.14. The second-order valence-electron chi connectivity index (χ2n) is 7.88. The van der Waals surface area contributed by atoms with E-state index in [1.807, 2.05) is 0 Å². The lowest BCUT2D eigenvalue weighted by Gasteiger charge is -2.29. The molecule has 37 heavy (non-hydrogen) atoms. The van der Waals surface area contributed by atoms with Crippen molar-refractivity contribution in [1.29, 1.82) is 0 Å². The highest BCUT2D eigenvalue weighted by Crippen LogP contribution is 2.27. The zero-order chi connectivity index (χ0) is 27.4. The van der Waals surface area contributed by atoms with E-state index in [0.717, 1.165) is 17.7 Å². The first kappa shape index (κ1) is 28.9. The van der Waals surface area contributed by atoms with Crippen LogP contribution < -0.4 is 31.3 Å². The number of carbonyl (C=O) groups is 5. The van der Waals surface area contributed by atoms with Crippen LogP contribution in [0.15, 0.2) is 30.4 Å². The number of benzene rings is 1. The van der Waals surface area contributed by atoms with Gasteiger partial charge in [-0.1, -0.05) is 6.07 Å². The number of carbonyl (C=O) groups excluding carboxylic acids is 5. The number of morpholine rings is 1. The van der Waals surface area contributed by atoms with Crippen molar-refractivity contribution in [3.8, 4) is 11.5 Å². The van der Waals surface area contributed by atoms with Crippen LogP contribution in [0.25, 0.3) is 0 Å². The minimum atomic E-state index is -1.03. The van der Waals surface area contributed by atoms with E-state index in [4.69, 9.17) is 19.9 Å². The summed E-state index contributed by atoms with van der Waals surface area (Å²) in [5.41, 5.74) is 8.14. The molecule has 0 unspecified atom stereocenters. The second kappa shape index (κ2) is 14.3. The number of amides is 6. The number of hydrazine groups is 1. The summed E-state index contributed by atoms with van der Waals surface area (Å²) in [7, 11) is 3.00. The molecule has 0 bridgehead atoms. The standard InChI is InChI=1S/C23H32N6O8/c1-15(26-23(34)28-8-10-37-11-9-28)22(33)27-29(14-19(24)30)21(32)7-6-20(31)25-13-16-4-5-17(35-2)18(12-16)36-3/h4-7,12,15H,8-11,13-14H2,1-3H3,(H2,24,30)(H,25,31)(H,26,34)(H,27,33)/b7-6+/t15-/m0/s1. The van der Waals surface area contributed by atoms with Crippen LogP contribution in [-0.4, -0.2) is 92.7 Å². The fourth-order valence-corrected chi connectivity index (χ4v) is 3.14. The van der Waals surface area contributed by atoms with Crippen LogP contribution in [0.3, 0.4) is 0 Å². The van der Waals surface area contributed by atoms with Gasteiger partial charge in [-0.05, 0) is 24.6 Å². The smallest absolute Gasteiger partial charge is 0.318 e. The number of nitrogens with zero attached hydrogens (tertiary/aromatic N) is 2. The number of ether oxygens (including phenoxy) is 3. The third kappa shape index (κ3) is 9.33. The molecule has 0 radical (unpaired) electrons. The van der Waals surface area contributed by atoms with Gasteiger partial charge < -0.3 is 35.5 Å². The van der Waals surface area contributed by atoms with Gasteiger partial charge in [0.2, 0.25) is 11.8 Å². The molecular formula is C23H32N6O8. The number of rotatable bonds is 10. The van der Waals surface area contributed by atoms with Gasteiger partial charge in [0.1, 0.15) is 12.6 Å². The molecule has 14 heteroatoms. The summed E-state index contributed by atoms with van der Waals surface area (Å²) < 4.78 is 15.6. The number of hydrogen-bond acceptors (Lipinski definition) is 8. The summed E-state index contributed by atoms with van der Waals surface area (Å²) in [5.74, 6) is -2.10. The molecule has 1 aromatic rings. The van der Waals surface area contributed by atoms with Crippen molar-refractivity contribution >= 4 is 29.7 Å². The Balaban J connectivity index is 1.92. The first-order chi connectivity index (χ1) is 17.6.